The van der Waals surface area contributed by atoms with Gasteiger partial charge in [0.2, 0.25) is 10.0 Å². The Hall–Kier alpha value is -1.14. The predicted molar refractivity (Wildman–Crippen MR) is 71.7 cm³/mol. The molecule has 0 saturated heterocycles. The summed E-state index contributed by atoms with van der Waals surface area (Å²) in [5, 5.41) is 3.02. The molecule has 0 fully saturated rings. The lowest BCUT2D eigenvalue weighted by molar-refractivity contribution is 0.595. The second-order valence-corrected chi connectivity index (χ2v) is 5.98. The van der Waals surface area contributed by atoms with Crippen LogP contribution >= 0.6 is 0 Å². The Morgan fingerprint density at radius 2 is 2.00 bits per heavy atom. The third-order valence-electron chi connectivity index (χ3n) is 2.41. The number of rotatable bonds is 7. The number of nitrogens with one attached hydrogen (secondary N) is 2. The summed E-state index contributed by atoms with van der Waals surface area (Å²) in [4.78, 5) is 0. The molecule has 0 spiro atoms. The molecule has 4 nitrogen and oxygen atoms in total. The Balaban J connectivity index is 2.56. The molecule has 0 aliphatic heterocycles. The van der Waals surface area contributed by atoms with Crippen LogP contribution in [-0.2, 0) is 10.0 Å². The van der Waals surface area contributed by atoms with Gasteiger partial charge in [0.15, 0.2) is 0 Å². The van der Waals surface area contributed by atoms with Crippen molar-refractivity contribution in [2.45, 2.75) is 20.3 Å². The highest BCUT2D eigenvalue weighted by Crippen LogP contribution is 2.14. The Labute approximate surface area is 108 Å². The molecule has 0 atom stereocenters. The Morgan fingerprint density at radius 1 is 1.28 bits per heavy atom. The van der Waals surface area contributed by atoms with Gasteiger partial charge in [-0.25, -0.2) is 12.8 Å². The standard InChI is InChI=1S/C12H19FN2O2S/c1-3-6-14-7-8-18(16,17)15-11-4-5-12(13)10(2)9-11/h4-5,9,14-15H,3,6-8H2,1-2H3. The zero-order chi connectivity index (χ0) is 13.6. The van der Waals surface area contributed by atoms with E-state index >= 15 is 0 Å². The summed E-state index contributed by atoms with van der Waals surface area (Å²) in [7, 11) is -3.38. The first-order chi connectivity index (χ1) is 8.44. The van der Waals surface area contributed by atoms with Crippen LogP contribution < -0.4 is 10.0 Å². The molecule has 0 radical (unpaired) electrons. The predicted octanol–water partition coefficient (Wildman–Crippen LogP) is 1.88. The van der Waals surface area contributed by atoms with Crippen LogP contribution in [-0.4, -0.2) is 27.3 Å². The van der Waals surface area contributed by atoms with Gasteiger partial charge >= 0.3 is 0 Å². The normalized spacial score (nSPS) is 11.5. The molecule has 0 aromatic heterocycles. The highest BCUT2D eigenvalue weighted by atomic mass is 32.2. The van der Waals surface area contributed by atoms with Crippen LogP contribution in [0.2, 0.25) is 0 Å². The first kappa shape index (κ1) is 14.9. The maximum absolute atomic E-state index is 13.0. The van der Waals surface area contributed by atoms with Crippen LogP contribution in [0.15, 0.2) is 18.2 Å². The van der Waals surface area contributed by atoms with E-state index < -0.39 is 10.0 Å². The molecule has 1 aromatic rings. The Bertz CT molecular complexity index is 489. The van der Waals surface area contributed by atoms with Crippen molar-refractivity contribution in [3.05, 3.63) is 29.6 Å². The number of hydrogen-bond donors (Lipinski definition) is 2. The summed E-state index contributed by atoms with van der Waals surface area (Å²) in [5.74, 6) is -0.341. The number of anilines is 1. The third kappa shape index (κ3) is 5.01. The molecule has 18 heavy (non-hydrogen) atoms. The van der Waals surface area contributed by atoms with E-state index in [1.807, 2.05) is 6.92 Å². The summed E-state index contributed by atoms with van der Waals surface area (Å²) in [5.41, 5.74) is 0.809. The van der Waals surface area contributed by atoms with Gasteiger partial charge in [-0.3, -0.25) is 4.72 Å². The van der Waals surface area contributed by atoms with Gasteiger partial charge < -0.3 is 5.32 Å². The van der Waals surface area contributed by atoms with Crippen LogP contribution in [0.3, 0.4) is 0 Å². The molecule has 0 saturated carbocycles. The van der Waals surface area contributed by atoms with E-state index in [9.17, 15) is 12.8 Å². The van der Waals surface area contributed by atoms with Crippen molar-refractivity contribution in [3.8, 4) is 0 Å². The van der Waals surface area contributed by atoms with Gasteiger partial charge in [-0.15, -0.1) is 0 Å². The van der Waals surface area contributed by atoms with Gasteiger partial charge in [0.1, 0.15) is 5.82 Å². The van der Waals surface area contributed by atoms with Gasteiger partial charge in [0.25, 0.3) is 0 Å². The van der Waals surface area contributed by atoms with Crippen molar-refractivity contribution in [2.24, 2.45) is 0 Å². The molecule has 0 aliphatic rings. The molecule has 1 aromatic carbocycles. The van der Waals surface area contributed by atoms with Crippen LogP contribution in [0.1, 0.15) is 18.9 Å². The second kappa shape index (κ2) is 6.70. The topological polar surface area (TPSA) is 58.2 Å². The number of sulfonamides is 1. The van der Waals surface area contributed by atoms with E-state index in [1.54, 1.807) is 6.92 Å². The lowest BCUT2D eigenvalue weighted by atomic mass is 10.2. The molecule has 6 heteroatoms. The fourth-order valence-corrected chi connectivity index (χ4v) is 2.45. The minimum Gasteiger partial charge on any atom is -0.316 e. The van der Waals surface area contributed by atoms with Gasteiger partial charge in [-0.2, -0.15) is 0 Å². The fourth-order valence-electron chi connectivity index (χ4n) is 1.45. The summed E-state index contributed by atoms with van der Waals surface area (Å²) in [6, 6.07) is 4.15. The highest BCUT2D eigenvalue weighted by molar-refractivity contribution is 7.92. The molecule has 0 bridgehead atoms. The SMILES string of the molecule is CCCNCCS(=O)(=O)Nc1ccc(F)c(C)c1. The Morgan fingerprint density at radius 3 is 2.61 bits per heavy atom. The third-order valence-corrected chi connectivity index (χ3v) is 3.69. The van der Waals surface area contributed by atoms with Crippen LogP contribution in [0.5, 0.6) is 0 Å². The minimum atomic E-state index is -3.38. The lowest BCUT2D eigenvalue weighted by Gasteiger charge is -2.09. The van der Waals surface area contributed by atoms with Gasteiger partial charge in [-0.05, 0) is 43.7 Å². The quantitative estimate of drug-likeness (QED) is 0.746. The molecule has 2 N–H and O–H groups in total. The summed E-state index contributed by atoms with van der Waals surface area (Å²) < 4.78 is 38.9. The van der Waals surface area contributed by atoms with E-state index in [1.165, 1.54) is 18.2 Å². The van der Waals surface area contributed by atoms with E-state index in [0.29, 0.717) is 17.8 Å². The molecule has 0 amide bonds. The fraction of sp³-hybridized carbons (Fsp3) is 0.500. The van der Waals surface area contributed by atoms with E-state index in [4.69, 9.17) is 0 Å². The zero-order valence-electron chi connectivity index (χ0n) is 10.7. The van der Waals surface area contributed by atoms with Crippen LogP contribution in [0, 0.1) is 12.7 Å². The van der Waals surface area contributed by atoms with E-state index in [-0.39, 0.29) is 11.6 Å². The van der Waals surface area contributed by atoms with Gasteiger partial charge in [-0.1, -0.05) is 6.92 Å². The maximum Gasteiger partial charge on any atom is 0.233 e. The van der Waals surface area contributed by atoms with Crippen molar-refractivity contribution < 1.29 is 12.8 Å². The molecule has 0 unspecified atom stereocenters. The van der Waals surface area contributed by atoms with Crippen molar-refractivity contribution in [3.63, 3.8) is 0 Å². The first-order valence-electron chi connectivity index (χ1n) is 5.92. The first-order valence-corrected chi connectivity index (χ1v) is 7.57. The van der Waals surface area contributed by atoms with E-state index in [2.05, 4.69) is 10.0 Å². The van der Waals surface area contributed by atoms with Crippen molar-refractivity contribution in [2.75, 3.05) is 23.6 Å². The van der Waals surface area contributed by atoms with Crippen LogP contribution in [0.4, 0.5) is 10.1 Å². The lowest BCUT2D eigenvalue weighted by Crippen LogP contribution is -2.27. The summed E-state index contributed by atoms with van der Waals surface area (Å²) >= 11 is 0. The highest BCUT2D eigenvalue weighted by Gasteiger charge is 2.10. The maximum atomic E-state index is 13.0. The van der Waals surface area contributed by atoms with Crippen molar-refractivity contribution in [1.82, 2.24) is 5.32 Å². The van der Waals surface area contributed by atoms with Gasteiger partial charge in [0.05, 0.1) is 5.75 Å². The van der Waals surface area contributed by atoms with E-state index in [0.717, 1.165) is 13.0 Å². The van der Waals surface area contributed by atoms with Gasteiger partial charge in [0, 0.05) is 12.2 Å². The van der Waals surface area contributed by atoms with Crippen LogP contribution in [0.25, 0.3) is 0 Å². The monoisotopic (exact) mass is 274 g/mol. The van der Waals surface area contributed by atoms with Crippen molar-refractivity contribution in [1.29, 1.82) is 0 Å². The molecular formula is C12H19FN2O2S. The molecular weight excluding hydrogens is 255 g/mol. The second-order valence-electron chi connectivity index (χ2n) is 4.13. The Kier molecular flexibility index (Phi) is 5.55. The summed E-state index contributed by atoms with van der Waals surface area (Å²) in [6.07, 6.45) is 0.963. The molecule has 1 rings (SSSR count). The van der Waals surface area contributed by atoms with Crippen molar-refractivity contribution >= 4 is 15.7 Å². The number of aryl methyl sites for hydroxylation is 1. The largest absolute Gasteiger partial charge is 0.316 e. The average molecular weight is 274 g/mol. The summed E-state index contributed by atoms with van der Waals surface area (Å²) in [6.45, 7) is 4.81. The average Bonchev–Trinajstić information content (AvgIpc) is 2.29. The molecule has 0 heterocycles. The number of hydrogen-bond acceptors (Lipinski definition) is 3. The molecule has 0 aliphatic carbocycles. The number of benzene rings is 1. The minimum absolute atomic E-state index is 0.00340. The smallest absolute Gasteiger partial charge is 0.233 e. The zero-order valence-corrected chi connectivity index (χ0v) is 11.5. The number of halogens is 1. The molecule has 102 valence electrons.